The van der Waals surface area contributed by atoms with E-state index in [1.54, 1.807) is 12.1 Å². The first kappa shape index (κ1) is 25.5. The van der Waals surface area contributed by atoms with Gasteiger partial charge in [-0.05, 0) is 89.0 Å². The van der Waals surface area contributed by atoms with Crippen LogP contribution < -0.4 is 0 Å². The number of hydrogen-bond donors (Lipinski definition) is 0. The summed E-state index contributed by atoms with van der Waals surface area (Å²) in [4.78, 5) is 5.26. The molecule has 0 fully saturated rings. The minimum Gasteiger partial charge on any atom is -0.452 e. The Bertz CT molecular complexity index is 2770. The average molecular weight is 628 g/mol. The normalized spacial score (nSPS) is 13.4. The van der Waals surface area contributed by atoms with Gasteiger partial charge in [0.1, 0.15) is 17.0 Å². The molecule has 0 unspecified atom stereocenters. The fraction of sp³-hybridized carbons (Fsp3) is 0.159. The van der Waals surface area contributed by atoms with E-state index in [1.807, 2.05) is 42.5 Å². The molecule has 9 aromatic rings. The van der Waals surface area contributed by atoms with Gasteiger partial charge in [0.25, 0.3) is 0 Å². The number of benzene rings is 6. The molecule has 0 aliphatic rings. The van der Waals surface area contributed by atoms with Crippen molar-refractivity contribution in [3.63, 3.8) is 0 Å². The van der Waals surface area contributed by atoms with Crippen LogP contribution in [-0.2, 0) is 0 Å². The molecular formula is C44H36N2O2. The van der Waals surface area contributed by atoms with Crippen molar-refractivity contribution in [2.45, 2.75) is 46.4 Å². The molecule has 48 heavy (non-hydrogen) atoms. The van der Waals surface area contributed by atoms with E-state index in [2.05, 4.69) is 92.9 Å². The minimum absolute atomic E-state index is 0.120. The molecule has 3 heterocycles. The molecule has 4 heteroatoms. The second kappa shape index (κ2) is 10.7. The molecule has 0 bridgehead atoms. The highest BCUT2D eigenvalue weighted by molar-refractivity contribution is 6.20. The quantitative estimate of drug-likeness (QED) is 0.191. The summed E-state index contributed by atoms with van der Waals surface area (Å²) in [6, 6.07) is 38.7. The first-order valence-corrected chi connectivity index (χ1v) is 16.6. The number of hydrogen-bond acceptors (Lipinski definition) is 3. The second-order valence-corrected chi connectivity index (χ2v) is 13.3. The van der Waals surface area contributed by atoms with E-state index >= 15 is 0 Å². The van der Waals surface area contributed by atoms with E-state index in [0.717, 1.165) is 60.6 Å². The van der Waals surface area contributed by atoms with Gasteiger partial charge in [-0.2, -0.15) is 0 Å². The summed E-state index contributed by atoms with van der Waals surface area (Å²) in [7, 11) is 0. The highest BCUT2D eigenvalue weighted by atomic mass is 16.4. The highest BCUT2D eigenvalue weighted by Crippen LogP contribution is 2.44. The van der Waals surface area contributed by atoms with E-state index in [4.69, 9.17) is 17.9 Å². The number of fused-ring (bicyclic) bond motifs is 8. The Morgan fingerprint density at radius 3 is 2.00 bits per heavy atom. The Labute approximate surface area is 283 Å². The lowest BCUT2D eigenvalue weighted by atomic mass is 9.88. The molecule has 0 aliphatic carbocycles. The van der Waals surface area contributed by atoms with Crippen molar-refractivity contribution in [1.29, 1.82) is 0 Å². The second-order valence-electron chi connectivity index (χ2n) is 13.3. The smallest absolute Gasteiger partial charge is 0.178 e. The number of aromatic nitrogens is 2. The zero-order chi connectivity index (χ0) is 35.2. The standard InChI is InChI=1S/C44H36N2O2/c1-25(2)35-23-29(28-14-7-6-8-15-28)24-36(26(3)4)40(35)46-39-27(5)13-11-19-37(39)45-44(46)34-18-12-17-31-33-22-21-32-30-16-9-10-20-38(30)47-42(32)43(33)48-41(31)34/h6-26H,1-5H3/i5D3. The van der Waals surface area contributed by atoms with E-state index in [0.29, 0.717) is 33.6 Å². The van der Waals surface area contributed by atoms with Crippen LogP contribution in [0.4, 0.5) is 0 Å². The fourth-order valence-electron chi connectivity index (χ4n) is 7.36. The Balaban J connectivity index is 1.42. The van der Waals surface area contributed by atoms with Crippen molar-refractivity contribution < 1.29 is 12.9 Å². The van der Waals surface area contributed by atoms with Crippen LogP contribution >= 0.6 is 0 Å². The molecule has 0 amide bonds. The summed E-state index contributed by atoms with van der Waals surface area (Å²) in [5.74, 6) is 0.868. The number of para-hydroxylation sites is 3. The summed E-state index contributed by atoms with van der Waals surface area (Å²) in [6.07, 6.45) is 0. The first-order valence-electron chi connectivity index (χ1n) is 18.1. The van der Waals surface area contributed by atoms with Crippen molar-refractivity contribution >= 4 is 54.9 Å². The Hall–Kier alpha value is -5.61. The van der Waals surface area contributed by atoms with Gasteiger partial charge in [-0.1, -0.05) is 100 Å². The fourth-order valence-corrected chi connectivity index (χ4v) is 7.36. The Morgan fingerprint density at radius 1 is 0.604 bits per heavy atom. The maximum absolute atomic E-state index is 8.64. The molecule has 234 valence electrons. The maximum atomic E-state index is 8.64. The lowest BCUT2D eigenvalue weighted by molar-refractivity contribution is 0.633. The average Bonchev–Trinajstić information content (AvgIpc) is 3.82. The molecule has 0 aliphatic heterocycles. The Morgan fingerprint density at radius 2 is 1.25 bits per heavy atom. The van der Waals surface area contributed by atoms with Gasteiger partial charge in [0.2, 0.25) is 0 Å². The lowest BCUT2D eigenvalue weighted by Crippen LogP contribution is -2.10. The van der Waals surface area contributed by atoms with Gasteiger partial charge < -0.3 is 8.83 Å². The molecule has 4 nitrogen and oxygen atoms in total. The summed E-state index contributed by atoms with van der Waals surface area (Å²) >= 11 is 0. The summed E-state index contributed by atoms with van der Waals surface area (Å²) in [5.41, 5.74) is 10.5. The van der Waals surface area contributed by atoms with Crippen molar-refractivity contribution in [2.75, 3.05) is 0 Å². The highest BCUT2D eigenvalue weighted by Gasteiger charge is 2.26. The number of nitrogens with zero attached hydrogens (tertiary/aromatic N) is 2. The number of imidazole rings is 1. The van der Waals surface area contributed by atoms with E-state index in [-0.39, 0.29) is 17.4 Å². The van der Waals surface area contributed by atoms with Crippen molar-refractivity contribution in [3.05, 3.63) is 132 Å². The van der Waals surface area contributed by atoms with Gasteiger partial charge in [-0.15, -0.1) is 0 Å². The third-order valence-electron chi connectivity index (χ3n) is 9.67. The first-order chi connectivity index (χ1) is 24.6. The van der Waals surface area contributed by atoms with Crippen molar-refractivity contribution in [2.24, 2.45) is 0 Å². The predicted molar refractivity (Wildman–Crippen MR) is 199 cm³/mol. The van der Waals surface area contributed by atoms with Crippen LogP contribution in [0.2, 0.25) is 0 Å². The molecule has 0 saturated carbocycles. The molecule has 9 rings (SSSR count). The van der Waals surface area contributed by atoms with Crippen LogP contribution in [-0.4, -0.2) is 9.55 Å². The minimum atomic E-state index is -2.37. The van der Waals surface area contributed by atoms with Crippen LogP contribution in [0.1, 0.15) is 60.3 Å². The molecule has 0 radical (unpaired) electrons. The zero-order valence-corrected chi connectivity index (χ0v) is 27.3. The molecule has 6 aromatic carbocycles. The van der Waals surface area contributed by atoms with Crippen molar-refractivity contribution in [1.82, 2.24) is 9.55 Å². The number of furan rings is 2. The zero-order valence-electron chi connectivity index (χ0n) is 30.3. The monoisotopic (exact) mass is 627 g/mol. The molecular weight excluding hydrogens is 588 g/mol. The van der Waals surface area contributed by atoms with Crippen LogP contribution in [0.25, 0.3) is 83.1 Å². The molecule has 0 spiro atoms. The third kappa shape index (κ3) is 4.18. The van der Waals surface area contributed by atoms with Gasteiger partial charge in [0.05, 0.1) is 22.3 Å². The van der Waals surface area contributed by atoms with Gasteiger partial charge in [0.15, 0.2) is 11.2 Å². The Kier molecular flexibility index (Phi) is 5.69. The predicted octanol–water partition coefficient (Wildman–Crippen LogP) is 12.7. The van der Waals surface area contributed by atoms with Crippen LogP contribution in [0.15, 0.2) is 124 Å². The van der Waals surface area contributed by atoms with Crippen LogP contribution in [0, 0.1) is 6.85 Å². The van der Waals surface area contributed by atoms with Crippen molar-refractivity contribution in [3.8, 4) is 28.2 Å². The molecule has 0 saturated heterocycles. The SMILES string of the molecule is [2H]C([2H])([2H])c1cccc2nc(-c3cccc4c3oc3c4ccc4c5ccccc5oc43)n(-c3c(C(C)C)cc(-c4ccccc4)cc3C(C)C)c12. The maximum Gasteiger partial charge on any atom is 0.178 e. The van der Waals surface area contributed by atoms with E-state index in [9.17, 15) is 0 Å². The largest absolute Gasteiger partial charge is 0.452 e. The summed E-state index contributed by atoms with van der Waals surface area (Å²) in [6.45, 7) is 6.41. The van der Waals surface area contributed by atoms with Crippen LogP contribution in [0.5, 0.6) is 0 Å². The molecule has 0 N–H and O–H groups in total. The van der Waals surface area contributed by atoms with Gasteiger partial charge >= 0.3 is 0 Å². The third-order valence-corrected chi connectivity index (χ3v) is 9.67. The van der Waals surface area contributed by atoms with Gasteiger partial charge in [-0.3, -0.25) is 4.57 Å². The number of rotatable bonds is 5. The van der Waals surface area contributed by atoms with Gasteiger partial charge in [-0.25, -0.2) is 4.98 Å². The molecule has 3 aromatic heterocycles. The summed E-state index contributed by atoms with van der Waals surface area (Å²) in [5, 5.41) is 3.92. The van der Waals surface area contributed by atoms with E-state index in [1.165, 1.54) is 0 Å². The van der Waals surface area contributed by atoms with Gasteiger partial charge in [0, 0.05) is 25.7 Å². The lowest BCUT2D eigenvalue weighted by Gasteiger charge is -2.24. The molecule has 0 atom stereocenters. The topological polar surface area (TPSA) is 44.1 Å². The van der Waals surface area contributed by atoms with Crippen LogP contribution in [0.3, 0.4) is 0 Å². The number of aryl methyl sites for hydroxylation is 1. The summed E-state index contributed by atoms with van der Waals surface area (Å²) < 4.78 is 41.3. The van der Waals surface area contributed by atoms with E-state index < -0.39 is 6.85 Å².